The SMILES string of the molecule is CC1(C)S[C@H]2N(C(=O)[C@@]2(C)N)[C@H]1C(=O)S. The minimum atomic E-state index is -0.833. The van der Waals surface area contributed by atoms with Gasteiger partial charge in [-0.1, -0.05) is 0 Å². The summed E-state index contributed by atoms with van der Waals surface area (Å²) >= 11 is 5.43. The highest BCUT2D eigenvalue weighted by atomic mass is 32.2. The van der Waals surface area contributed by atoms with Crippen LogP contribution in [0.2, 0.25) is 0 Å². The molecule has 0 spiro atoms. The first kappa shape index (κ1) is 11.3. The van der Waals surface area contributed by atoms with E-state index in [4.69, 9.17) is 5.73 Å². The summed E-state index contributed by atoms with van der Waals surface area (Å²) in [6, 6.07) is -0.458. The number of fused-ring (bicyclic) bond motifs is 1. The van der Waals surface area contributed by atoms with E-state index in [0.717, 1.165) is 0 Å². The monoisotopic (exact) mass is 246 g/mol. The van der Waals surface area contributed by atoms with E-state index in [1.54, 1.807) is 23.6 Å². The number of hydrogen-bond acceptors (Lipinski definition) is 4. The van der Waals surface area contributed by atoms with Crippen molar-refractivity contribution in [1.29, 1.82) is 0 Å². The Balaban J connectivity index is 2.37. The van der Waals surface area contributed by atoms with Crippen molar-refractivity contribution in [3.63, 3.8) is 0 Å². The molecule has 0 aromatic rings. The molecule has 2 heterocycles. The van der Waals surface area contributed by atoms with Crippen LogP contribution in [0.25, 0.3) is 0 Å². The van der Waals surface area contributed by atoms with E-state index in [9.17, 15) is 9.59 Å². The molecule has 0 aromatic heterocycles. The molecule has 0 aromatic carbocycles. The fraction of sp³-hybridized carbons (Fsp3) is 0.778. The van der Waals surface area contributed by atoms with Gasteiger partial charge in [-0.3, -0.25) is 9.59 Å². The second-order valence-electron chi connectivity index (χ2n) is 4.81. The van der Waals surface area contributed by atoms with Gasteiger partial charge in [0.25, 0.3) is 0 Å². The standard InChI is InChI=1S/C9H14N2O2S2/c1-8(2)4(5(12)14)11-6(13)9(3,10)7(11)15-8/h4,7H,10H2,1-3H3,(H,12,14)/t4-,7+,9+/m0/s1. The lowest BCUT2D eigenvalue weighted by Gasteiger charge is -2.49. The van der Waals surface area contributed by atoms with Gasteiger partial charge in [0.1, 0.15) is 17.0 Å². The van der Waals surface area contributed by atoms with Crippen LogP contribution in [0, 0.1) is 0 Å². The molecule has 2 rings (SSSR count). The second kappa shape index (κ2) is 2.93. The maximum Gasteiger partial charge on any atom is 0.247 e. The van der Waals surface area contributed by atoms with Gasteiger partial charge in [-0.25, -0.2) is 0 Å². The highest BCUT2D eigenvalue weighted by Crippen LogP contribution is 2.54. The van der Waals surface area contributed by atoms with Crippen molar-refractivity contribution in [2.45, 2.75) is 42.5 Å². The van der Waals surface area contributed by atoms with E-state index in [0.29, 0.717) is 0 Å². The molecule has 3 atom stereocenters. The molecule has 0 aliphatic carbocycles. The van der Waals surface area contributed by atoms with Crippen LogP contribution in [-0.4, -0.2) is 37.6 Å². The van der Waals surface area contributed by atoms with Gasteiger partial charge in [-0.15, -0.1) is 24.4 Å². The normalized spacial score (nSPS) is 42.5. The molecule has 0 saturated carbocycles. The van der Waals surface area contributed by atoms with Crippen molar-refractivity contribution in [2.24, 2.45) is 5.73 Å². The highest BCUT2D eigenvalue weighted by molar-refractivity contribution is 8.02. The minimum absolute atomic E-state index is 0.0962. The smallest absolute Gasteiger partial charge is 0.247 e. The van der Waals surface area contributed by atoms with Crippen LogP contribution in [0.4, 0.5) is 0 Å². The Morgan fingerprint density at radius 3 is 2.53 bits per heavy atom. The topological polar surface area (TPSA) is 63.4 Å². The Morgan fingerprint density at radius 1 is 1.53 bits per heavy atom. The largest absolute Gasteiger partial charge is 0.315 e. The average Bonchev–Trinajstić information content (AvgIpc) is 2.35. The van der Waals surface area contributed by atoms with Crippen molar-refractivity contribution in [1.82, 2.24) is 4.90 Å². The predicted molar refractivity (Wildman–Crippen MR) is 62.7 cm³/mol. The number of carbonyl (C=O) groups excluding carboxylic acids is 2. The fourth-order valence-electron chi connectivity index (χ4n) is 2.25. The lowest BCUT2D eigenvalue weighted by atomic mass is 9.88. The first-order chi connectivity index (χ1) is 6.69. The Labute approximate surface area is 98.3 Å². The van der Waals surface area contributed by atoms with Crippen LogP contribution in [0.15, 0.2) is 0 Å². The van der Waals surface area contributed by atoms with Gasteiger partial charge in [0.05, 0.1) is 0 Å². The number of carbonyl (C=O) groups is 2. The molecule has 4 nitrogen and oxygen atoms in total. The first-order valence-corrected chi connectivity index (χ1v) is 6.04. The van der Waals surface area contributed by atoms with Gasteiger partial charge in [0.2, 0.25) is 11.0 Å². The summed E-state index contributed by atoms with van der Waals surface area (Å²) in [5, 5.41) is -0.361. The zero-order valence-corrected chi connectivity index (χ0v) is 10.6. The van der Waals surface area contributed by atoms with Crippen LogP contribution in [0.5, 0.6) is 0 Å². The molecule has 0 radical (unpaired) electrons. The van der Waals surface area contributed by atoms with Crippen LogP contribution < -0.4 is 5.73 Å². The number of amides is 1. The van der Waals surface area contributed by atoms with E-state index in [1.165, 1.54) is 0 Å². The number of hydrogen-bond donors (Lipinski definition) is 2. The number of β-lactam (4-membered cyclic amide) rings is 1. The molecule has 15 heavy (non-hydrogen) atoms. The molecule has 2 aliphatic rings. The van der Waals surface area contributed by atoms with Gasteiger partial charge in [0.15, 0.2) is 0 Å². The zero-order chi connectivity index (χ0) is 11.6. The van der Waals surface area contributed by atoms with Crippen LogP contribution >= 0.6 is 24.4 Å². The van der Waals surface area contributed by atoms with Gasteiger partial charge in [-0.2, -0.15) is 0 Å². The molecule has 0 unspecified atom stereocenters. The van der Waals surface area contributed by atoms with Crippen molar-refractivity contribution in [2.75, 3.05) is 0 Å². The van der Waals surface area contributed by atoms with Crippen LogP contribution in [0.3, 0.4) is 0 Å². The molecule has 84 valence electrons. The second-order valence-corrected chi connectivity index (χ2v) is 6.98. The lowest BCUT2D eigenvalue weighted by molar-refractivity contribution is -0.156. The molecule has 2 N–H and O–H groups in total. The minimum Gasteiger partial charge on any atom is -0.315 e. The fourth-order valence-corrected chi connectivity index (χ4v) is 4.38. The summed E-state index contributed by atoms with van der Waals surface area (Å²) in [5.41, 5.74) is 5.05. The maximum absolute atomic E-state index is 11.8. The number of rotatable bonds is 1. The van der Waals surface area contributed by atoms with Gasteiger partial charge < -0.3 is 10.6 Å². The van der Waals surface area contributed by atoms with Crippen LogP contribution in [0.1, 0.15) is 20.8 Å². The highest BCUT2D eigenvalue weighted by Gasteiger charge is 2.67. The number of nitrogens with two attached hydrogens (primary N) is 1. The predicted octanol–water partition coefficient (Wildman–Crippen LogP) is 0.223. The van der Waals surface area contributed by atoms with Crippen molar-refractivity contribution < 1.29 is 9.59 Å². The summed E-state index contributed by atoms with van der Waals surface area (Å²) in [4.78, 5) is 24.8. The first-order valence-electron chi connectivity index (χ1n) is 4.72. The third-order valence-corrected chi connectivity index (χ3v) is 5.06. The molecular weight excluding hydrogens is 232 g/mol. The van der Waals surface area contributed by atoms with Crippen molar-refractivity contribution in [3.8, 4) is 0 Å². The van der Waals surface area contributed by atoms with Gasteiger partial charge in [-0.05, 0) is 20.8 Å². The Kier molecular flexibility index (Phi) is 2.20. The molecule has 1 amide bonds. The molecular formula is C9H14N2O2S2. The summed E-state index contributed by atoms with van der Waals surface area (Å²) in [7, 11) is 0. The van der Waals surface area contributed by atoms with Crippen LogP contribution in [-0.2, 0) is 9.59 Å². The third kappa shape index (κ3) is 1.28. The Hall–Kier alpha value is -0.200. The Morgan fingerprint density at radius 2 is 2.07 bits per heavy atom. The van der Waals surface area contributed by atoms with E-state index in [1.807, 2.05) is 13.8 Å². The summed E-state index contributed by atoms with van der Waals surface area (Å²) in [6.45, 7) is 5.60. The van der Waals surface area contributed by atoms with E-state index >= 15 is 0 Å². The summed E-state index contributed by atoms with van der Waals surface area (Å²) in [6.07, 6.45) is 0. The van der Waals surface area contributed by atoms with E-state index in [2.05, 4.69) is 12.6 Å². The maximum atomic E-state index is 11.8. The van der Waals surface area contributed by atoms with E-state index < -0.39 is 11.6 Å². The quantitative estimate of drug-likeness (QED) is 0.513. The molecule has 2 fully saturated rings. The van der Waals surface area contributed by atoms with Gasteiger partial charge >= 0.3 is 0 Å². The molecule has 2 saturated heterocycles. The van der Waals surface area contributed by atoms with Crippen molar-refractivity contribution in [3.05, 3.63) is 0 Å². The molecule has 2 aliphatic heterocycles. The molecule has 6 heteroatoms. The third-order valence-electron chi connectivity index (χ3n) is 3.05. The number of thioether (sulfide) groups is 1. The average molecular weight is 246 g/mol. The molecule has 0 bridgehead atoms. The lowest BCUT2D eigenvalue weighted by Crippen LogP contribution is -2.76. The number of thiol groups is 1. The number of nitrogens with zero attached hydrogens (tertiary/aromatic N) is 1. The zero-order valence-electron chi connectivity index (χ0n) is 8.85. The Bertz CT molecular complexity index is 354. The van der Waals surface area contributed by atoms with Crippen molar-refractivity contribution >= 4 is 35.4 Å². The summed E-state index contributed by atoms with van der Waals surface area (Å²) in [5.74, 6) is -0.155. The van der Waals surface area contributed by atoms with Gasteiger partial charge in [0, 0.05) is 4.75 Å². The van der Waals surface area contributed by atoms with E-state index in [-0.39, 0.29) is 21.1 Å². The summed E-state index contributed by atoms with van der Waals surface area (Å²) < 4.78 is -0.309.